The molecule has 0 aliphatic carbocycles. The number of para-hydroxylation sites is 1. The highest BCUT2D eigenvalue weighted by atomic mass is 16.2. The monoisotopic (exact) mass is 396 g/mol. The van der Waals surface area contributed by atoms with Gasteiger partial charge in [-0.25, -0.2) is 0 Å². The van der Waals surface area contributed by atoms with Crippen molar-refractivity contribution in [3.05, 3.63) is 36.5 Å². The Balaban J connectivity index is 1.21. The molecule has 0 atom stereocenters. The molecule has 2 aliphatic heterocycles. The van der Waals surface area contributed by atoms with Crippen molar-refractivity contribution in [2.24, 2.45) is 0 Å². The molecule has 0 saturated carbocycles. The van der Waals surface area contributed by atoms with Crippen molar-refractivity contribution in [3.63, 3.8) is 0 Å². The summed E-state index contributed by atoms with van der Waals surface area (Å²) in [4.78, 5) is 31.4. The van der Waals surface area contributed by atoms with Crippen molar-refractivity contribution in [1.29, 1.82) is 0 Å². The molecule has 2 aliphatic rings. The third kappa shape index (κ3) is 4.99. The van der Waals surface area contributed by atoms with E-state index < -0.39 is 0 Å². The van der Waals surface area contributed by atoms with Crippen LogP contribution in [0.15, 0.2) is 36.5 Å². The van der Waals surface area contributed by atoms with Crippen LogP contribution in [0.1, 0.15) is 32.1 Å². The van der Waals surface area contributed by atoms with Gasteiger partial charge in [-0.3, -0.25) is 14.5 Å². The first-order chi connectivity index (χ1) is 14.2. The minimum Gasteiger partial charge on any atom is -0.347 e. The summed E-state index contributed by atoms with van der Waals surface area (Å²) < 4.78 is 2.16. The molecule has 1 aromatic heterocycles. The third-order valence-corrected chi connectivity index (χ3v) is 6.29. The van der Waals surface area contributed by atoms with Crippen LogP contribution in [0.5, 0.6) is 0 Å². The largest absolute Gasteiger partial charge is 0.347 e. The van der Waals surface area contributed by atoms with Crippen LogP contribution in [0.3, 0.4) is 0 Å². The van der Waals surface area contributed by atoms with Gasteiger partial charge in [0.25, 0.3) is 0 Å². The molecule has 0 bridgehead atoms. The summed E-state index contributed by atoms with van der Waals surface area (Å²) in [5.41, 5.74) is 1.18. The maximum Gasteiger partial charge on any atom is 0.236 e. The van der Waals surface area contributed by atoms with E-state index in [1.165, 1.54) is 23.7 Å². The fraction of sp³-hybridized carbons (Fsp3) is 0.565. The number of hydrogen-bond acceptors (Lipinski definition) is 3. The highest BCUT2D eigenvalue weighted by Gasteiger charge is 2.24. The Labute approximate surface area is 173 Å². The lowest BCUT2D eigenvalue weighted by Crippen LogP contribution is -2.51. The Hall–Kier alpha value is -2.34. The second kappa shape index (κ2) is 9.44. The molecule has 0 unspecified atom stereocenters. The normalized spacial score (nSPS) is 18.8. The highest BCUT2D eigenvalue weighted by molar-refractivity contribution is 5.81. The first-order valence-corrected chi connectivity index (χ1v) is 11.0. The van der Waals surface area contributed by atoms with Gasteiger partial charge in [0.1, 0.15) is 0 Å². The summed E-state index contributed by atoms with van der Waals surface area (Å²) >= 11 is 0. The number of aryl methyl sites for hydroxylation is 1. The lowest BCUT2D eigenvalue weighted by Gasteiger charge is -2.35. The second-order valence-corrected chi connectivity index (χ2v) is 8.27. The van der Waals surface area contributed by atoms with Gasteiger partial charge in [0.2, 0.25) is 11.8 Å². The number of piperazine rings is 1. The molecular weight excluding hydrogens is 364 g/mol. The fourth-order valence-corrected chi connectivity index (χ4v) is 4.48. The smallest absolute Gasteiger partial charge is 0.236 e. The lowest BCUT2D eigenvalue weighted by molar-refractivity contribution is -0.135. The molecule has 0 spiro atoms. The van der Waals surface area contributed by atoms with E-state index in [0.29, 0.717) is 19.5 Å². The summed E-state index contributed by atoms with van der Waals surface area (Å²) in [6.07, 6.45) is 7.32. The Bertz CT molecular complexity index is 830. The molecule has 4 rings (SSSR count). The van der Waals surface area contributed by atoms with Crippen LogP contribution in [-0.4, -0.2) is 76.9 Å². The zero-order chi connectivity index (χ0) is 20.1. The van der Waals surface area contributed by atoms with Crippen LogP contribution in [0.4, 0.5) is 0 Å². The van der Waals surface area contributed by atoms with E-state index in [1.54, 1.807) is 0 Å². The van der Waals surface area contributed by atoms with Crippen molar-refractivity contribution < 1.29 is 9.59 Å². The Morgan fingerprint density at radius 3 is 2.21 bits per heavy atom. The van der Waals surface area contributed by atoms with E-state index in [9.17, 15) is 9.59 Å². The second-order valence-electron chi connectivity index (χ2n) is 8.27. The Morgan fingerprint density at radius 2 is 1.45 bits per heavy atom. The molecule has 2 aromatic rings. The van der Waals surface area contributed by atoms with E-state index >= 15 is 0 Å². The van der Waals surface area contributed by atoms with E-state index in [-0.39, 0.29) is 11.8 Å². The molecule has 0 N–H and O–H groups in total. The van der Waals surface area contributed by atoms with E-state index in [2.05, 4.69) is 33.9 Å². The van der Waals surface area contributed by atoms with Crippen LogP contribution < -0.4 is 0 Å². The van der Waals surface area contributed by atoms with Gasteiger partial charge in [0, 0.05) is 63.9 Å². The number of carbonyl (C=O) groups is 2. The van der Waals surface area contributed by atoms with Gasteiger partial charge in [-0.2, -0.15) is 0 Å². The zero-order valence-electron chi connectivity index (χ0n) is 17.3. The predicted molar refractivity (Wildman–Crippen MR) is 115 cm³/mol. The average Bonchev–Trinajstić information content (AvgIpc) is 2.96. The molecule has 0 radical (unpaired) electrons. The van der Waals surface area contributed by atoms with Gasteiger partial charge in [-0.05, 0) is 30.4 Å². The van der Waals surface area contributed by atoms with Crippen molar-refractivity contribution in [2.45, 2.75) is 38.6 Å². The SMILES string of the molecule is O=C(CCn1ccc2ccccc21)N1CCN(CC(=O)N2CCCCCC2)CC1. The molecule has 1 aromatic carbocycles. The van der Waals surface area contributed by atoms with Gasteiger partial charge < -0.3 is 14.4 Å². The first-order valence-electron chi connectivity index (χ1n) is 11.0. The molecule has 156 valence electrons. The van der Waals surface area contributed by atoms with Crippen molar-refractivity contribution in [2.75, 3.05) is 45.8 Å². The number of likely N-dealkylation sites (tertiary alicyclic amines) is 1. The number of hydrogen-bond donors (Lipinski definition) is 0. The van der Waals surface area contributed by atoms with Gasteiger partial charge >= 0.3 is 0 Å². The van der Waals surface area contributed by atoms with E-state index in [4.69, 9.17) is 0 Å². The maximum atomic E-state index is 12.7. The molecular formula is C23H32N4O2. The number of nitrogens with zero attached hydrogens (tertiary/aromatic N) is 4. The highest BCUT2D eigenvalue weighted by Crippen LogP contribution is 2.16. The minimum atomic E-state index is 0.210. The van der Waals surface area contributed by atoms with Gasteiger partial charge in [0.05, 0.1) is 6.54 Å². The quantitative estimate of drug-likeness (QED) is 0.781. The van der Waals surface area contributed by atoms with Crippen molar-refractivity contribution in [3.8, 4) is 0 Å². The molecule has 2 saturated heterocycles. The van der Waals surface area contributed by atoms with Crippen LogP contribution in [0.2, 0.25) is 0 Å². The van der Waals surface area contributed by atoms with Gasteiger partial charge in [0.15, 0.2) is 0 Å². The molecule has 2 amide bonds. The van der Waals surface area contributed by atoms with Gasteiger partial charge in [-0.1, -0.05) is 31.0 Å². The molecule has 6 heteroatoms. The Kier molecular flexibility index (Phi) is 6.49. The molecule has 29 heavy (non-hydrogen) atoms. The predicted octanol–water partition coefficient (Wildman–Crippen LogP) is 2.58. The summed E-state index contributed by atoms with van der Waals surface area (Å²) in [7, 11) is 0. The lowest BCUT2D eigenvalue weighted by atomic mass is 10.2. The van der Waals surface area contributed by atoms with Crippen molar-refractivity contribution in [1.82, 2.24) is 19.3 Å². The third-order valence-electron chi connectivity index (χ3n) is 6.29. The molecule has 2 fully saturated rings. The number of amides is 2. The standard InChI is InChI=1S/C23H32N4O2/c28-22(10-14-25-13-9-20-7-3-4-8-21(20)25)27-17-15-24(16-18-27)19-23(29)26-11-5-1-2-6-12-26/h3-4,7-9,13H,1-2,5-6,10-12,14-19H2. The Morgan fingerprint density at radius 1 is 0.759 bits per heavy atom. The fourth-order valence-electron chi connectivity index (χ4n) is 4.48. The van der Waals surface area contributed by atoms with E-state index in [1.807, 2.05) is 21.9 Å². The number of aromatic nitrogens is 1. The first kappa shape index (κ1) is 20.0. The number of fused-ring (bicyclic) bond motifs is 1. The average molecular weight is 397 g/mol. The van der Waals surface area contributed by atoms with Crippen molar-refractivity contribution >= 4 is 22.7 Å². The maximum absolute atomic E-state index is 12.7. The van der Waals surface area contributed by atoms with Crippen LogP contribution in [-0.2, 0) is 16.1 Å². The number of carbonyl (C=O) groups excluding carboxylic acids is 2. The summed E-state index contributed by atoms with van der Waals surface area (Å²) in [6, 6.07) is 10.4. The summed E-state index contributed by atoms with van der Waals surface area (Å²) in [5.74, 6) is 0.465. The topological polar surface area (TPSA) is 48.8 Å². The van der Waals surface area contributed by atoms with Crippen LogP contribution in [0, 0.1) is 0 Å². The number of rotatable bonds is 5. The number of benzene rings is 1. The van der Waals surface area contributed by atoms with Gasteiger partial charge in [-0.15, -0.1) is 0 Å². The van der Waals surface area contributed by atoms with E-state index in [0.717, 1.165) is 52.1 Å². The van der Waals surface area contributed by atoms with Crippen LogP contribution in [0.25, 0.3) is 10.9 Å². The summed E-state index contributed by atoms with van der Waals surface area (Å²) in [5, 5.41) is 1.21. The zero-order valence-corrected chi connectivity index (χ0v) is 17.3. The molecule has 3 heterocycles. The summed E-state index contributed by atoms with van der Waals surface area (Å²) in [6.45, 7) is 6.04. The van der Waals surface area contributed by atoms with Crippen LogP contribution >= 0.6 is 0 Å². The minimum absolute atomic E-state index is 0.210. The molecule has 6 nitrogen and oxygen atoms in total.